The van der Waals surface area contributed by atoms with Gasteiger partial charge >= 0.3 is 5.97 Å². The molecular weight excluding hydrogens is 492 g/mol. The first kappa shape index (κ1) is 25.3. The fourth-order valence-electron chi connectivity index (χ4n) is 7.91. The maximum absolute atomic E-state index is 14.2. The van der Waals surface area contributed by atoms with Gasteiger partial charge in [-0.25, -0.2) is 0 Å². The summed E-state index contributed by atoms with van der Waals surface area (Å²) in [5.41, 5.74) is 2.94. The molecule has 0 aromatic heterocycles. The number of Topliss-reactive ketones (excluding diaryl/α,β-unsaturated/α-hetero) is 1. The van der Waals surface area contributed by atoms with Gasteiger partial charge < -0.3 is 20.5 Å². The van der Waals surface area contributed by atoms with E-state index in [0.29, 0.717) is 12.3 Å². The minimum Gasteiger partial charge on any atom is -0.496 e. The summed E-state index contributed by atoms with van der Waals surface area (Å²) in [6.45, 7) is 0.388. The molecule has 0 radical (unpaired) electrons. The largest absolute Gasteiger partial charge is 0.496 e. The summed E-state index contributed by atoms with van der Waals surface area (Å²) in [6, 6.07) is 25.6. The Morgan fingerprint density at radius 1 is 1.00 bits per heavy atom. The highest BCUT2D eigenvalue weighted by Gasteiger charge is 2.69. The molecule has 2 fully saturated rings. The molecule has 7 rings (SSSR count). The maximum atomic E-state index is 14.2. The molecule has 3 aromatic rings. The summed E-state index contributed by atoms with van der Waals surface area (Å²) >= 11 is 0. The van der Waals surface area contributed by atoms with Crippen LogP contribution >= 0.6 is 0 Å². The Kier molecular flexibility index (Phi) is 6.26. The molecule has 3 N–H and O–H groups in total. The molecule has 2 bridgehead atoms. The maximum Gasteiger partial charge on any atom is 0.312 e. The molecule has 5 unspecified atom stereocenters. The van der Waals surface area contributed by atoms with Gasteiger partial charge in [0.05, 0.1) is 18.7 Å². The van der Waals surface area contributed by atoms with Crippen molar-refractivity contribution >= 4 is 17.7 Å². The van der Waals surface area contributed by atoms with E-state index in [1.165, 1.54) is 11.1 Å². The predicted octanol–water partition coefficient (Wildman–Crippen LogP) is 3.60. The Labute approximate surface area is 227 Å². The Balaban J connectivity index is 1.52. The zero-order valence-electron chi connectivity index (χ0n) is 21.9. The predicted molar refractivity (Wildman–Crippen MR) is 146 cm³/mol. The number of benzene rings is 3. The normalized spacial score (nSPS) is 28.3. The third-order valence-electron chi connectivity index (χ3n) is 9.18. The zero-order valence-corrected chi connectivity index (χ0v) is 21.9. The lowest BCUT2D eigenvalue weighted by molar-refractivity contribution is -0.142. The number of methoxy groups -OCH3 is 1. The number of ketones is 1. The summed E-state index contributed by atoms with van der Waals surface area (Å²) < 4.78 is 5.52. The van der Waals surface area contributed by atoms with E-state index in [1.54, 1.807) is 7.11 Å². The van der Waals surface area contributed by atoms with Crippen LogP contribution in [0.25, 0.3) is 0 Å². The van der Waals surface area contributed by atoms with Gasteiger partial charge in [-0.05, 0) is 35.6 Å². The van der Waals surface area contributed by atoms with Crippen LogP contribution < -0.4 is 15.4 Å². The first-order valence-electron chi connectivity index (χ1n) is 13.5. The third-order valence-corrected chi connectivity index (χ3v) is 9.18. The van der Waals surface area contributed by atoms with Gasteiger partial charge in [-0.15, -0.1) is 0 Å². The Morgan fingerprint density at radius 2 is 1.72 bits per heavy atom. The van der Waals surface area contributed by atoms with E-state index in [0.717, 1.165) is 24.0 Å². The van der Waals surface area contributed by atoms with Gasteiger partial charge in [0.25, 0.3) is 0 Å². The smallest absolute Gasteiger partial charge is 0.312 e. The van der Waals surface area contributed by atoms with Crippen LogP contribution in [0.5, 0.6) is 5.75 Å². The number of rotatable bonds is 8. The summed E-state index contributed by atoms with van der Waals surface area (Å²) in [5.74, 6) is -1.35. The second kappa shape index (κ2) is 9.65. The van der Waals surface area contributed by atoms with Crippen LogP contribution in [0.4, 0.5) is 0 Å². The van der Waals surface area contributed by atoms with E-state index in [1.807, 2.05) is 54.6 Å². The van der Waals surface area contributed by atoms with Crippen molar-refractivity contribution in [1.29, 1.82) is 0 Å². The number of amides is 1. The molecule has 4 aliphatic rings. The highest BCUT2D eigenvalue weighted by atomic mass is 16.5. The molecule has 1 saturated heterocycles. The van der Waals surface area contributed by atoms with Crippen molar-refractivity contribution in [3.05, 3.63) is 101 Å². The number of hydrogen-bond acceptors (Lipinski definition) is 5. The van der Waals surface area contributed by atoms with Gasteiger partial charge in [-0.2, -0.15) is 0 Å². The minimum absolute atomic E-state index is 0.0270. The fourth-order valence-corrected chi connectivity index (χ4v) is 7.91. The van der Waals surface area contributed by atoms with Crippen molar-refractivity contribution in [2.24, 2.45) is 5.92 Å². The van der Waals surface area contributed by atoms with Crippen LogP contribution in [0, 0.1) is 5.92 Å². The number of para-hydroxylation sites is 1. The lowest BCUT2D eigenvalue weighted by Crippen LogP contribution is -2.70. The van der Waals surface area contributed by atoms with Gasteiger partial charge in [-0.3, -0.25) is 14.4 Å². The lowest BCUT2D eigenvalue weighted by atomic mass is 9.43. The standard InChI is InChI=1S/C32H32N2O5/c1-39-26-14-8-5-9-20(26)17-25(35)29-30-31(21-10-3-2-4-11-21)16-15-24(22-12-6-7-13-23(22)31)32(30,19-33-29)34-27(36)18-28(37)38/h2-14,24,29-30,33H,15-19H2,1H3,(H,34,36)(H,37,38). The number of nitrogens with one attached hydrogen (secondary N) is 2. The van der Waals surface area contributed by atoms with E-state index in [-0.39, 0.29) is 24.0 Å². The Bertz CT molecular complexity index is 1440. The van der Waals surface area contributed by atoms with Crippen molar-refractivity contribution in [3.63, 3.8) is 0 Å². The minimum atomic E-state index is -1.17. The van der Waals surface area contributed by atoms with Crippen LogP contribution in [0.1, 0.15) is 47.4 Å². The molecule has 5 atom stereocenters. The number of carboxylic acids is 1. The first-order valence-corrected chi connectivity index (χ1v) is 13.5. The van der Waals surface area contributed by atoms with E-state index < -0.39 is 35.3 Å². The highest BCUT2D eigenvalue weighted by Crippen LogP contribution is 2.65. The van der Waals surface area contributed by atoms with E-state index in [2.05, 4.69) is 34.9 Å². The van der Waals surface area contributed by atoms with Crippen molar-refractivity contribution in [1.82, 2.24) is 10.6 Å². The highest BCUT2D eigenvalue weighted by molar-refractivity contribution is 5.94. The summed E-state index contributed by atoms with van der Waals surface area (Å²) in [6.07, 6.45) is 1.24. The van der Waals surface area contributed by atoms with E-state index in [9.17, 15) is 19.5 Å². The third kappa shape index (κ3) is 3.87. The number of aliphatic carboxylic acids is 1. The monoisotopic (exact) mass is 524 g/mol. The summed E-state index contributed by atoms with van der Waals surface area (Å²) in [7, 11) is 1.60. The second-order valence-corrected chi connectivity index (χ2v) is 11.0. The van der Waals surface area contributed by atoms with Crippen molar-refractivity contribution in [2.45, 2.75) is 48.6 Å². The number of carboxylic acid groups (broad SMARTS) is 1. The summed E-state index contributed by atoms with van der Waals surface area (Å²) in [4.78, 5) is 38.8. The van der Waals surface area contributed by atoms with Gasteiger partial charge in [0.1, 0.15) is 12.2 Å². The van der Waals surface area contributed by atoms with Gasteiger partial charge in [0.2, 0.25) is 5.91 Å². The number of hydrogen-bond donors (Lipinski definition) is 3. The number of fused-ring (bicyclic) bond motifs is 1. The topological polar surface area (TPSA) is 105 Å². The van der Waals surface area contributed by atoms with Gasteiger partial charge in [0.15, 0.2) is 5.78 Å². The second-order valence-electron chi connectivity index (χ2n) is 11.0. The van der Waals surface area contributed by atoms with Crippen LogP contribution in [-0.2, 0) is 26.2 Å². The van der Waals surface area contributed by atoms with Crippen molar-refractivity contribution < 1.29 is 24.2 Å². The zero-order chi connectivity index (χ0) is 27.2. The van der Waals surface area contributed by atoms with Crippen LogP contribution in [-0.4, -0.2) is 48.0 Å². The first-order chi connectivity index (χ1) is 18.9. The number of carbonyl (C=O) groups is 3. The molecule has 7 nitrogen and oxygen atoms in total. The molecule has 3 aliphatic carbocycles. The molecule has 1 saturated carbocycles. The van der Waals surface area contributed by atoms with Gasteiger partial charge in [0, 0.05) is 35.8 Å². The molecule has 1 amide bonds. The van der Waals surface area contributed by atoms with Crippen LogP contribution in [0.2, 0.25) is 0 Å². The lowest BCUT2D eigenvalue weighted by Gasteiger charge is -2.62. The van der Waals surface area contributed by atoms with Gasteiger partial charge in [-0.1, -0.05) is 72.8 Å². The molecule has 7 heteroatoms. The summed E-state index contributed by atoms with van der Waals surface area (Å²) in [5, 5.41) is 16.1. The van der Waals surface area contributed by atoms with E-state index >= 15 is 0 Å². The molecule has 0 spiro atoms. The fraction of sp³-hybridized carbons (Fsp3) is 0.344. The molecule has 200 valence electrons. The molecule has 1 heterocycles. The molecule has 39 heavy (non-hydrogen) atoms. The quantitative estimate of drug-likeness (QED) is 0.389. The van der Waals surface area contributed by atoms with Crippen molar-refractivity contribution in [2.75, 3.05) is 13.7 Å². The van der Waals surface area contributed by atoms with Crippen LogP contribution in [0.3, 0.4) is 0 Å². The Morgan fingerprint density at radius 3 is 2.49 bits per heavy atom. The number of ether oxygens (including phenoxy) is 1. The molecule has 3 aromatic carbocycles. The SMILES string of the molecule is COc1ccccc1CC(=O)C1NCC2(NC(=O)CC(=O)O)C3CCC(c4ccccc4)(c4ccccc43)C12. The number of carbonyl (C=O) groups excluding carboxylic acids is 2. The Hall–Kier alpha value is -3.97. The van der Waals surface area contributed by atoms with Crippen molar-refractivity contribution in [3.8, 4) is 5.75 Å². The average molecular weight is 525 g/mol. The molecular formula is C32H32N2O5. The molecule has 1 aliphatic heterocycles. The van der Waals surface area contributed by atoms with Crippen LogP contribution in [0.15, 0.2) is 78.9 Å². The average Bonchev–Trinajstić information content (AvgIpc) is 3.35. The van der Waals surface area contributed by atoms with E-state index in [4.69, 9.17) is 4.74 Å².